The molecular weight excluding hydrogens is 371 g/mol. The quantitative estimate of drug-likeness (QED) is 0.452. The molecule has 0 aromatic rings. The van der Waals surface area contributed by atoms with E-state index in [0.717, 1.165) is 22.6 Å². The number of halogens is 2. The first-order chi connectivity index (χ1) is 8.75. The minimum absolute atomic E-state index is 0.268. The van der Waals surface area contributed by atoms with Crippen LogP contribution in [0.15, 0.2) is 9.95 Å². The molecule has 19 heavy (non-hydrogen) atoms. The highest BCUT2D eigenvalue weighted by atomic mass is 79.9. The molecular formula is C14H25BBr2O2. The molecule has 0 aromatic carbocycles. The molecule has 2 nitrogen and oxygen atoms in total. The molecule has 0 atom stereocenters. The molecule has 1 saturated heterocycles. The molecule has 0 N–H and O–H groups in total. The summed E-state index contributed by atoms with van der Waals surface area (Å²) in [4.78, 5) is 0. The highest BCUT2D eigenvalue weighted by molar-refractivity contribution is 9.12. The molecule has 110 valence electrons. The zero-order chi connectivity index (χ0) is 14.7. The Kier molecular flexibility index (Phi) is 6.63. The van der Waals surface area contributed by atoms with E-state index in [1.165, 1.54) is 18.4 Å². The van der Waals surface area contributed by atoms with Gasteiger partial charge in [0.15, 0.2) is 0 Å². The van der Waals surface area contributed by atoms with Crippen LogP contribution in [0.1, 0.15) is 60.3 Å². The lowest BCUT2D eigenvalue weighted by Gasteiger charge is -2.32. The highest BCUT2D eigenvalue weighted by Crippen LogP contribution is 2.41. The van der Waals surface area contributed by atoms with Crippen LogP contribution in [0.2, 0.25) is 0 Å². The minimum atomic E-state index is -0.277. The first-order valence-electron chi connectivity index (χ1n) is 7.04. The van der Waals surface area contributed by atoms with E-state index < -0.39 is 0 Å². The standard InChI is InChI=1S/C14H25BBr2O2/c1-6-7-8-11(9-10-16)12(17)15-18-13(2,3)14(4,5)19-15/h6-10H2,1-5H3/b12-11-. The third-order valence-corrected chi connectivity index (χ3v) is 5.36. The predicted molar refractivity (Wildman–Crippen MR) is 90.0 cm³/mol. The summed E-state index contributed by atoms with van der Waals surface area (Å²) in [6.07, 6.45) is 4.55. The van der Waals surface area contributed by atoms with Gasteiger partial charge >= 0.3 is 7.12 Å². The molecule has 1 fully saturated rings. The molecule has 0 unspecified atom stereocenters. The average molecular weight is 396 g/mol. The predicted octanol–water partition coefficient (Wildman–Crippen LogP) is 5.24. The Morgan fingerprint density at radius 2 is 1.58 bits per heavy atom. The van der Waals surface area contributed by atoms with Gasteiger partial charge in [0.05, 0.1) is 11.2 Å². The van der Waals surface area contributed by atoms with Crippen molar-refractivity contribution in [3.63, 3.8) is 0 Å². The number of rotatable bonds is 6. The molecule has 0 radical (unpaired) electrons. The summed E-state index contributed by atoms with van der Waals surface area (Å²) < 4.78 is 13.3. The lowest BCUT2D eigenvalue weighted by molar-refractivity contribution is 0.00578. The fourth-order valence-electron chi connectivity index (χ4n) is 1.98. The van der Waals surface area contributed by atoms with Crippen molar-refractivity contribution in [2.75, 3.05) is 5.33 Å². The minimum Gasteiger partial charge on any atom is -0.399 e. The van der Waals surface area contributed by atoms with Crippen molar-refractivity contribution in [3.8, 4) is 0 Å². The maximum atomic E-state index is 6.09. The van der Waals surface area contributed by atoms with Crippen LogP contribution >= 0.6 is 31.9 Å². The maximum absolute atomic E-state index is 6.09. The first-order valence-corrected chi connectivity index (χ1v) is 8.95. The van der Waals surface area contributed by atoms with Gasteiger partial charge in [0.1, 0.15) is 0 Å². The van der Waals surface area contributed by atoms with Gasteiger partial charge in [-0.05, 0) is 47.0 Å². The largest absolute Gasteiger partial charge is 0.502 e. The highest BCUT2D eigenvalue weighted by Gasteiger charge is 2.52. The zero-order valence-electron chi connectivity index (χ0n) is 12.7. The number of alkyl halides is 1. The first kappa shape index (κ1) is 17.7. The summed E-state index contributed by atoms with van der Waals surface area (Å²) in [5.74, 6) is 0. The summed E-state index contributed by atoms with van der Waals surface area (Å²) >= 11 is 7.24. The SMILES string of the molecule is CCCC/C(CCBr)=C(/Br)B1OC(C)(C)C(C)(C)O1. The van der Waals surface area contributed by atoms with E-state index in [1.54, 1.807) is 0 Å². The molecule has 1 rings (SSSR count). The van der Waals surface area contributed by atoms with E-state index in [4.69, 9.17) is 9.31 Å². The van der Waals surface area contributed by atoms with E-state index in [9.17, 15) is 0 Å². The van der Waals surface area contributed by atoms with Crippen molar-refractivity contribution in [1.29, 1.82) is 0 Å². The van der Waals surface area contributed by atoms with Gasteiger partial charge < -0.3 is 9.31 Å². The summed E-state index contributed by atoms with van der Waals surface area (Å²) in [7, 11) is -0.268. The molecule has 1 heterocycles. The van der Waals surface area contributed by atoms with Gasteiger partial charge in [-0.3, -0.25) is 0 Å². The summed E-state index contributed by atoms with van der Waals surface area (Å²) in [6.45, 7) is 10.6. The molecule has 1 aliphatic heterocycles. The van der Waals surface area contributed by atoms with Crippen LogP contribution in [0.4, 0.5) is 0 Å². The van der Waals surface area contributed by atoms with Crippen LogP contribution in [-0.2, 0) is 9.31 Å². The lowest BCUT2D eigenvalue weighted by atomic mass is 9.84. The Labute approximate surface area is 135 Å². The van der Waals surface area contributed by atoms with E-state index in [-0.39, 0.29) is 18.3 Å². The Morgan fingerprint density at radius 1 is 1.05 bits per heavy atom. The van der Waals surface area contributed by atoms with Crippen molar-refractivity contribution in [1.82, 2.24) is 0 Å². The molecule has 0 saturated carbocycles. The Bertz CT molecular complexity index is 324. The van der Waals surface area contributed by atoms with Gasteiger partial charge in [0.2, 0.25) is 0 Å². The van der Waals surface area contributed by atoms with Crippen LogP contribution in [0.5, 0.6) is 0 Å². The summed E-state index contributed by atoms with van der Waals surface area (Å²) in [6, 6.07) is 0. The molecule has 0 amide bonds. The fraction of sp³-hybridized carbons (Fsp3) is 0.857. The molecule has 0 aliphatic carbocycles. The number of hydrogen-bond donors (Lipinski definition) is 0. The number of allylic oxidation sites excluding steroid dienone is 1. The Morgan fingerprint density at radius 3 is 2.00 bits per heavy atom. The maximum Gasteiger partial charge on any atom is 0.502 e. The monoisotopic (exact) mass is 394 g/mol. The van der Waals surface area contributed by atoms with Crippen molar-refractivity contribution in [3.05, 3.63) is 9.95 Å². The van der Waals surface area contributed by atoms with Crippen LogP contribution in [0, 0.1) is 0 Å². The normalized spacial score (nSPS) is 22.6. The van der Waals surface area contributed by atoms with Gasteiger partial charge in [-0.25, -0.2) is 0 Å². The van der Waals surface area contributed by atoms with Gasteiger partial charge in [-0.15, -0.1) is 0 Å². The third kappa shape index (κ3) is 4.32. The van der Waals surface area contributed by atoms with Crippen molar-refractivity contribution < 1.29 is 9.31 Å². The average Bonchev–Trinajstić information content (AvgIpc) is 2.53. The van der Waals surface area contributed by atoms with Gasteiger partial charge in [-0.2, -0.15) is 0 Å². The van der Waals surface area contributed by atoms with E-state index in [1.807, 2.05) is 0 Å². The van der Waals surface area contributed by atoms with Gasteiger partial charge in [-0.1, -0.05) is 50.8 Å². The van der Waals surface area contributed by atoms with Gasteiger partial charge in [0.25, 0.3) is 0 Å². The van der Waals surface area contributed by atoms with Crippen LogP contribution in [0.25, 0.3) is 0 Å². The molecule has 0 aromatic heterocycles. The fourth-order valence-corrected chi connectivity index (χ4v) is 3.04. The topological polar surface area (TPSA) is 18.5 Å². The van der Waals surface area contributed by atoms with Crippen molar-refractivity contribution in [2.24, 2.45) is 0 Å². The van der Waals surface area contributed by atoms with Crippen molar-refractivity contribution >= 4 is 39.0 Å². The molecule has 0 spiro atoms. The van der Waals surface area contributed by atoms with Crippen LogP contribution in [0.3, 0.4) is 0 Å². The molecule has 0 bridgehead atoms. The van der Waals surface area contributed by atoms with Gasteiger partial charge in [0, 0.05) is 9.71 Å². The second-order valence-corrected chi connectivity index (χ2v) is 7.73. The molecule has 5 heteroatoms. The lowest BCUT2D eigenvalue weighted by Crippen LogP contribution is -2.41. The van der Waals surface area contributed by atoms with E-state index in [0.29, 0.717) is 0 Å². The summed E-state index contributed by atoms with van der Waals surface area (Å²) in [5.41, 5.74) is 0.847. The third-order valence-electron chi connectivity index (χ3n) is 4.03. The number of unbranched alkanes of at least 4 members (excludes halogenated alkanes) is 1. The van der Waals surface area contributed by atoms with E-state index in [2.05, 4.69) is 66.5 Å². The summed E-state index contributed by atoms with van der Waals surface area (Å²) in [5, 5.41) is 0.973. The second-order valence-electron chi connectivity index (χ2n) is 6.08. The van der Waals surface area contributed by atoms with Crippen LogP contribution in [-0.4, -0.2) is 23.7 Å². The number of hydrogen-bond acceptors (Lipinski definition) is 2. The van der Waals surface area contributed by atoms with Crippen LogP contribution < -0.4 is 0 Å². The van der Waals surface area contributed by atoms with E-state index >= 15 is 0 Å². The zero-order valence-corrected chi connectivity index (χ0v) is 15.9. The molecule has 1 aliphatic rings. The second kappa shape index (κ2) is 7.10. The smallest absolute Gasteiger partial charge is 0.399 e. The Balaban J connectivity index is 2.87. The Hall–Kier alpha value is 0.685. The van der Waals surface area contributed by atoms with Crippen molar-refractivity contribution in [2.45, 2.75) is 71.5 Å².